The third-order valence-corrected chi connectivity index (χ3v) is 3.40. The zero-order valence-corrected chi connectivity index (χ0v) is 12.6. The lowest BCUT2D eigenvalue weighted by Crippen LogP contribution is -2.45. The average Bonchev–Trinajstić information content (AvgIpc) is 2.55. The van der Waals surface area contributed by atoms with E-state index in [9.17, 15) is 18.7 Å². The monoisotopic (exact) mass is 326 g/mol. The van der Waals surface area contributed by atoms with Crippen molar-refractivity contribution in [3.63, 3.8) is 0 Å². The van der Waals surface area contributed by atoms with Gasteiger partial charge < -0.3 is 20.5 Å². The van der Waals surface area contributed by atoms with Crippen LogP contribution in [-0.2, 0) is 0 Å². The van der Waals surface area contributed by atoms with Crippen LogP contribution in [0.5, 0.6) is 5.75 Å². The molecule has 0 bridgehead atoms. The molecule has 126 valence electrons. The molecule has 0 fully saturated rings. The Bertz CT molecular complexity index is 566. The van der Waals surface area contributed by atoms with Crippen LogP contribution in [0.15, 0.2) is 30.4 Å². The summed E-state index contributed by atoms with van der Waals surface area (Å²) in [6, 6.07) is 2.76. The minimum atomic E-state index is -1.02. The summed E-state index contributed by atoms with van der Waals surface area (Å²) in [5.41, 5.74) is 0. The molecule has 0 spiro atoms. The molecule has 0 aromatic heterocycles. The third-order valence-electron chi connectivity index (χ3n) is 3.40. The number of aliphatic hydroxyl groups excluding tert-OH is 1. The second-order valence-corrected chi connectivity index (χ2v) is 5.36. The van der Waals surface area contributed by atoms with Crippen LogP contribution in [0, 0.1) is 11.6 Å². The van der Waals surface area contributed by atoms with Gasteiger partial charge in [-0.3, -0.25) is 0 Å². The van der Waals surface area contributed by atoms with Crippen LogP contribution in [0.25, 0.3) is 0 Å². The second-order valence-electron chi connectivity index (χ2n) is 5.36. The summed E-state index contributed by atoms with van der Waals surface area (Å²) in [6.07, 6.45) is 5.97. The van der Waals surface area contributed by atoms with Crippen molar-refractivity contribution in [2.24, 2.45) is 0 Å². The van der Waals surface area contributed by atoms with Crippen LogP contribution in [0.1, 0.15) is 19.3 Å². The summed E-state index contributed by atoms with van der Waals surface area (Å²) >= 11 is 0. The SMILES string of the molecule is O=C(NCC(O)COc1ccc(F)c(F)c1)NC1C=CCCC1. The van der Waals surface area contributed by atoms with Gasteiger partial charge in [-0.05, 0) is 31.4 Å². The maximum Gasteiger partial charge on any atom is 0.315 e. The molecule has 0 radical (unpaired) electrons. The number of hydrogen-bond donors (Lipinski definition) is 3. The highest BCUT2D eigenvalue weighted by atomic mass is 19.2. The van der Waals surface area contributed by atoms with Gasteiger partial charge in [-0.15, -0.1) is 0 Å². The Balaban J connectivity index is 1.66. The number of carbonyl (C=O) groups is 1. The van der Waals surface area contributed by atoms with Gasteiger partial charge in [0.2, 0.25) is 0 Å². The van der Waals surface area contributed by atoms with Crippen LogP contribution in [0.2, 0.25) is 0 Å². The molecule has 1 aromatic carbocycles. The van der Waals surface area contributed by atoms with Crippen LogP contribution < -0.4 is 15.4 Å². The van der Waals surface area contributed by atoms with E-state index in [-0.39, 0.29) is 31.0 Å². The minimum absolute atomic E-state index is 0.00799. The lowest BCUT2D eigenvalue weighted by atomic mass is 10.0. The van der Waals surface area contributed by atoms with Crippen LogP contribution in [-0.4, -0.2) is 36.4 Å². The first kappa shape index (κ1) is 17.2. The summed E-state index contributed by atoms with van der Waals surface area (Å²) in [5.74, 6) is -1.87. The van der Waals surface area contributed by atoms with E-state index in [2.05, 4.69) is 10.6 Å². The van der Waals surface area contributed by atoms with Gasteiger partial charge in [0.15, 0.2) is 11.6 Å². The zero-order chi connectivity index (χ0) is 16.7. The molecule has 0 saturated carbocycles. The van der Waals surface area contributed by atoms with Crippen LogP contribution in [0.3, 0.4) is 0 Å². The van der Waals surface area contributed by atoms with Gasteiger partial charge >= 0.3 is 6.03 Å². The predicted octanol–water partition coefficient (Wildman–Crippen LogP) is 2.11. The Morgan fingerprint density at radius 3 is 2.91 bits per heavy atom. The molecule has 2 atom stereocenters. The molecule has 1 aliphatic rings. The number of aliphatic hydroxyl groups is 1. The Morgan fingerprint density at radius 2 is 2.22 bits per heavy atom. The highest BCUT2D eigenvalue weighted by Crippen LogP contribution is 2.15. The summed E-state index contributed by atoms with van der Waals surface area (Å²) in [7, 11) is 0. The van der Waals surface area contributed by atoms with Crippen molar-refractivity contribution >= 4 is 6.03 Å². The van der Waals surface area contributed by atoms with Gasteiger partial charge in [-0.25, -0.2) is 13.6 Å². The number of carbonyl (C=O) groups excluding carboxylic acids is 1. The standard InChI is InChI=1S/C16H20F2N2O3/c17-14-7-6-13(8-15(14)18)23-10-12(21)9-19-16(22)20-11-4-2-1-3-5-11/h2,4,6-8,11-12,21H,1,3,5,9-10H2,(H2,19,20,22). The van der Waals surface area contributed by atoms with Crippen LogP contribution >= 0.6 is 0 Å². The van der Waals surface area contributed by atoms with Gasteiger partial charge in [0.1, 0.15) is 18.5 Å². The van der Waals surface area contributed by atoms with Crippen molar-refractivity contribution < 1.29 is 23.4 Å². The topological polar surface area (TPSA) is 70.6 Å². The van der Waals surface area contributed by atoms with Crippen molar-refractivity contribution in [3.8, 4) is 5.75 Å². The van der Waals surface area contributed by atoms with E-state index in [1.165, 1.54) is 6.07 Å². The lowest BCUT2D eigenvalue weighted by molar-refractivity contribution is 0.107. The molecule has 0 heterocycles. The van der Waals surface area contributed by atoms with Crippen molar-refractivity contribution in [3.05, 3.63) is 42.0 Å². The second kappa shape index (κ2) is 8.47. The Kier molecular flexibility index (Phi) is 6.34. The number of halogens is 2. The van der Waals surface area contributed by atoms with E-state index in [1.807, 2.05) is 12.2 Å². The summed E-state index contributed by atoms with van der Waals surface area (Å²) in [4.78, 5) is 11.7. The molecule has 2 amide bonds. The maximum absolute atomic E-state index is 13.0. The average molecular weight is 326 g/mol. The third kappa shape index (κ3) is 5.86. The number of benzene rings is 1. The molecule has 1 aliphatic carbocycles. The zero-order valence-electron chi connectivity index (χ0n) is 12.6. The van der Waals surface area contributed by atoms with Crippen molar-refractivity contribution in [1.29, 1.82) is 0 Å². The van der Waals surface area contributed by atoms with E-state index in [0.717, 1.165) is 31.4 Å². The molecule has 7 heteroatoms. The summed E-state index contributed by atoms with van der Waals surface area (Å²) in [5, 5.41) is 15.1. The van der Waals surface area contributed by atoms with Gasteiger partial charge in [0, 0.05) is 18.7 Å². The van der Waals surface area contributed by atoms with Gasteiger partial charge in [0.25, 0.3) is 0 Å². The van der Waals surface area contributed by atoms with Crippen molar-refractivity contribution in [2.75, 3.05) is 13.2 Å². The number of hydrogen-bond acceptors (Lipinski definition) is 3. The summed E-state index contributed by atoms with van der Waals surface area (Å²) < 4.78 is 30.9. The molecule has 2 rings (SSSR count). The number of ether oxygens (including phenoxy) is 1. The number of urea groups is 1. The van der Waals surface area contributed by atoms with Crippen LogP contribution in [0.4, 0.5) is 13.6 Å². The fourth-order valence-electron chi connectivity index (χ4n) is 2.18. The smallest absolute Gasteiger partial charge is 0.315 e. The predicted molar refractivity (Wildman–Crippen MR) is 81.2 cm³/mol. The normalized spacial score (nSPS) is 18.3. The molecule has 5 nitrogen and oxygen atoms in total. The minimum Gasteiger partial charge on any atom is -0.491 e. The Hall–Kier alpha value is -2.15. The molecule has 0 saturated heterocycles. The highest BCUT2D eigenvalue weighted by molar-refractivity contribution is 5.74. The van der Waals surface area contributed by atoms with Gasteiger partial charge in [0.05, 0.1) is 0 Å². The van der Waals surface area contributed by atoms with Gasteiger partial charge in [-0.2, -0.15) is 0 Å². The quantitative estimate of drug-likeness (QED) is 0.701. The number of nitrogens with one attached hydrogen (secondary N) is 2. The molecule has 23 heavy (non-hydrogen) atoms. The Labute approximate surface area is 133 Å². The van der Waals surface area contributed by atoms with Gasteiger partial charge in [-0.1, -0.05) is 12.2 Å². The highest BCUT2D eigenvalue weighted by Gasteiger charge is 2.13. The first-order valence-corrected chi connectivity index (χ1v) is 7.51. The molecule has 1 aromatic rings. The first-order chi connectivity index (χ1) is 11.0. The van der Waals surface area contributed by atoms with E-state index >= 15 is 0 Å². The first-order valence-electron chi connectivity index (χ1n) is 7.51. The fraction of sp³-hybridized carbons (Fsp3) is 0.438. The fourth-order valence-corrected chi connectivity index (χ4v) is 2.18. The van der Waals surface area contributed by atoms with Crippen molar-refractivity contribution in [2.45, 2.75) is 31.4 Å². The van der Waals surface area contributed by atoms with E-state index in [0.29, 0.717) is 0 Å². The summed E-state index contributed by atoms with van der Waals surface area (Å²) in [6.45, 7) is -0.152. The van der Waals surface area contributed by atoms with E-state index < -0.39 is 17.7 Å². The number of allylic oxidation sites excluding steroid dienone is 1. The van der Waals surface area contributed by atoms with E-state index in [4.69, 9.17) is 4.74 Å². The molecule has 3 N–H and O–H groups in total. The Morgan fingerprint density at radius 1 is 1.39 bits per heavy atom. The molecule has 2 unspecified atom stereocenters. The lowest BCUT2D eigenvalue weighted by Gasteiger charge is -2.19. The molecular weight excluding hydrogens is 306 g/mol. The maximum atomic E-state index is 13.0. The number of rotatable bonds is 6. The number of amides is 2. The van der Waals surface area contributed by atoms with Crippen molar-refractivity contribution in [1.82, 2.24) is 10.6 Å². The van der Waals surface area contributed by atoms with E-state index in [1.54, 1.807) is 0 Å². The largest absolute Gasteiger partial charge is 0.491 e. The molecule has 0 aliphatic heterocycles. The molecular formula is C16H20F2N2O3.